The van der Waals surface area contributed by atoms with Gasteiger partial charge in [0.2, 0.25) is 5.69 Å². The van der Waals surface area contributed by atoms with E-state index in [2.05, 4.69) is 37.7 Å². The van der Waals surface area contributed by atoms with Crippen molar-refractivity contribution in [3.8, 4) is 17.1 Å². The SMILES string of the molecule is O=C(O)C(F)(F)F.O=C(O)c1[nH]nnc1O[C@H]1CC[C@@H](c2ccc(-c3ccn[nH]3)c(CO)c2)CC1. The van der Waals surface area contributed by atoms with Crippen molar-refractivity contribution in [3.63, 3.8) is 0 Å². The summed E-state index contributed by atoms with van der Waals surface area (Å²) < 4.78 is 37.5. The van der Waals surface area contributed by atoms with Gasteiger partial charge in [-0.05, 0) is 48.8 Å². The summed E-state index contributed by atoms with van der Waals surface area (Å²) in [6.07, 6.45) is -0.0453. The highest BCUT2D eigenvalue weighted by atomic mass is 19.4. The minimum absolute atomic E-state index is 0.0369. The second-order valence-corrected chi connectivity index (χ2v) is 7.74. The summed E-state index contributed by atoms with van der Waals surface area (Å²) in [5.41, 5.74) is 3.78. The molecule has 35 heavy (non-hydrogen) atoms. The number of aromatic amines is 2. The van der Waals surface area contributed by atoms with Gasteiger partial charge in [0.25, 0.3) is 5.88 Å². The van der Waals surface area contributed by atoms with E-state index in [1.165, 1.54) is 5.56 Å². The van der Waals surface area contributed by atoms with Gasteiger partial charge in [-0.25, -0.2) is 14.7 Å². The first-order chi connectivity index (χ1) is 16.6. The number of alkyl halides is 3. The highest BCUT2D eigenvalue weighted by molar-refractivity contribution is 5.87. The fourth-order valence-corrected chi connectivity index (χ4v) is 3.78. The van der Waals surface area contributed by atoms with Crippen LogP contribution in [0.5, 0.6) is 5.88 Å². The molecule has 0 aliphatic heterocycles. The first-order valence-corrected chi connectivity index (χ1v) is 10.4. The second-order valence-electron chi connectivity index (χ2n) is 7.74. The van der Waals surface area contributed by atoms with Crippen molar-refractivity contribution in [1.29, 1.82) is 0 Å². The number of carboxylic acid groups (broad SMARTS) is 2. The third-order valence-corrected chi connectivity index (χ3v) is 5.49. The number of hydrogen-bond donors (Lipinski definition) is 5. The molecule has 0 bridgehead atoms. The Morgan fingerprint density at radius 1 is 1.09 bits per heavy atom. The predicted octanol–water partition coefficient (Wildman–Crippen LogP) is 3.12. The summed E-state index contributed by atoms with van der Waals surface area (Å²) in [5.74, 6) is -3.48. The standard InChI is InChI=1S/C19H21N5O4.C2HF3O2/c25-10-13-9-12(3-6-15(13)16-7-8-20-21-16)11-1-4-14(5-2-11)28-18-17(19(26)27)22-24-23-18;3-2(4,5)1(6)7/h3,6-9,11,14,25H,1-2,4-5,10H2,(H,20,21)(H,26,27)(H,22,23,24);(H,6,7)/t11-,14+;. The van der Waals surface area contributed by atoms with Gasteiger partial charge < -0.3 is 20.1 Å². The fraction of sp³-hybridized carbons (Fsp3) is 0.381. The number of carboxylic acids is 2. The Balaban J connectivity index is 0.000000429. The van der Waals surface area contributed by atoms with Gasteiger partial charge in [-0.15, -0.1) is 0 Å². The zero-order valence-corrected chi connectivity index (χ0v) is 18.1. The van der Waals surface area contributed by atoms with Gasteiger partial charge in [0.15, 0.2) is 0 Å². The van der Waals surface area contributed by atoms with Crippen LogP contribution in [0.25, 0.3) is 11.3 Å². The third kappa shape index (κ3) is 6.56. The summed E-state index contributed by atoms with van der Waals surface area (Å²) in [5, 5.41) is 42.5. The molecule has 14 heteroatoms. The number of ether oxygens (including phenoxy) is 1. The van der Waals surface area contributed by atoms with Gasteiger partial charge in [0.1, 0.15) is 6.10 Å². The summed E-state index contributed by atoms with van der Waals surface area (Å²) in [6, 6.07) is 8.06. The number of nitrogens with one attached hydrogen (secondary N) is 2. The average molecular weight is 497 g/mol. The van der Waals surface area contributed by atoms with E-state index in [0.29, 0.717) is 5.92 Å². The van der Waals surface area contributed by atoms with Crippen molar-refractivity contribution in [1.82, 2.24) is 25.6 Å². The first kappa shape index (κ1) is 25.7. The van der Waals surface area contributed by atoms with E-state index in [4.69, 9.17) is 19.7 Å². The highest BCUT2D eigenvalue weighted by Gasteiger charge is 2.38. The van der Waals surface area contributed by atoms with Gasteiger partial charge in [-0.3, -0.25) is 5.10 Å². The van der Waals surface area contributed by atoms with Gasteiger partial charge in [-0.1, -0.05) is 28.5 Å². The number of H-pyrrole nitrogens is 2. The molecule has 2 heterocycles. The Morgan fingerprint density at radius 3 is 2.31 bits per heavy atom. The lowest BCUT2D eigenvalue weighted by Crippen LogP contribution is -2.24. The smallest absolute Gasteiger partial charge is 0.476 e. The average Bonchev–Trinajstić information content (AvgIpc) is 3.51. The lowest BCUT2D eigenvalue weighted by atomic mass is 9.81. The molecule has 4 rings (SSSR count). The van der Waals surface area contributed by atoms with E-state index < -0.39 is 18.1 Å². The molecule has 3 aromatic rings. The van der Waals surface area contributed by atoms with Crippen molar-refractivity contribution in [2.24, 2.45) is 0 Å². The van der Waals surface area contributed by atoms with E-state index in [9.17, 15) is 23.1 Å². The van der Waals surface area contributed by atoms with Gasteiger partial charge in [0.05, 0.1) is 12.3 Å². The zero-order chi connectivity index (χ0) is 25.6. The molecule has 0 radical (unpaired) electrons. The number of aromatic nitrogens is 5. The van der Waals surface area contributed by atoms with Crippen molar-refractivity contribution in [2.75, 3.05) is 0 Å². The summed E-state index contributed by atoms with van der Waals surface area (Å²) >= 11 is 0. The summed E-state index contributed by atoms with van der Waals surface area (Å²) in [6.45, 7) is -0.0369. The molecule has 1 fully saturated rings. The molecule has 0 unspecified atom stereocenters. The molecule has 0 spiro atoms. The Hall–Kier alpha value is -3.94. The maximum Gasteiger partial charge on any atom is 0.490 e. The number of aromatic carboxylic acids is 1. The van der Waals surface area contributed by atoms with Crippen LogP contribution in [0.1, 0.15) is 53.2 Å². The van der Waals surface area contributed by atoms with E-state index in [0.717, 1.165) is 42.5 Å². The maximum atomic E-state index is 11.1. The van der Waals surface area contributed by atoms with Crippen LogP contribution in [0.3, 0.4) is 0 Å². The molecule has 1 aromatic carbocycles. The Kier molecular flexibility index (Phi) is 8.06. The number of halogens is 3. The lowest BCUT2D eigenvalue weighted by Gasteiger charge is -2.29. The number of rotatable bonds is 6. The minimum atomic E-state index is -5.08. The summed E-state index contributed by atoms with van der Waals surface area (Å²) in [4.78, 5) is 20.0. The quantitative estimate of drug-likeness (QED) is 0.343. The van der Waals surface area contributed by atoms with Gasteiger partial charge in [-0.2, -0.15) is 18.3 Å². The van der Waals surface area contributed by atoms with Crippen molar-refractivity contribution < 1.29 is 42.8 Å². The van der Waals surface area contributed by atoms with Crippen LogP contribution in [0.2, 0.25) is 0 Å². The zero-order valence-electron chi connectivity index (χ0n) is 18.1. The topological polar surface area (TPSA) is 174 Å². The lowest BCUT2D eigenvalue weighted by molar-refractivity contribution is -0.192. The number of aliphatic hydroxyl groups excluding tert-OH is 1. The summed E-state index contributed by atoms with van der Waals surface area (Å²) in [7, 11) is 0. The molecule has 0 amide bonds. The van der Waals surface area contributed by atoms with E-state index in [-0.39, 0.29) is 24.3 Å². The normalized spacial score (nSPS) is 17.8. The molecule has 1 aliphatic carbocycles. The Labute approximate surface area is 195 Å². The van der Waals surface area contributed by atoms with Crippen LogP contribution in [0.4, 0.5) is 13.2 Å². The molecular formula is C21H22F3N5O6. The molecule has 11 nitrogen and oxygen atoms in total. The number of benzene rings is 1. The largest absolute Gasteiger partial charge is 0.490 e. The van der Waals surface area contributed by atoms with Gasteiger partial charge in [0, 0.05) is 11.8 Å². The van der Waals surface area contributed by atoms with Gasteiger partial charge >= 0.3 is 18.1 Å². The third-order valence-electron chi connectivity index (χ3n) is 5.49. The maximum absolute atomic E-state index is 11.1. The highest BCUT2D eigenvalue weighted by Crippen LogP contribution is 2.36. The van der Waals surface area contributed by atoms with E-state index in [1.807, 2.05) is 12.1 Å². The number of nitrogens with zero attached hydrogens (tertiary/aromatic N) is 3. The van der Waals surface area contributed by atoms with Crippen molar-refractivity contribution in [3.05, 3.63) is 47.3 Å². The molecular weight excluding hydrogens is 475 g/mol. The molecule has 2 aromatic heterocycles. The van der Waals surface area contributed by atoms with Crippen LogP contribution in [0.15, 0.2) is 30.5 Å². The molecule has 1 saturated carbocycles. The predicted molar refractivity (Wildman–Crippen MR) is 113 cm³/mol. The van der Waals surface area contributed by atoms with Crippen molar-refractivity contribution in [2.45, 2.75) is 50.5 Å². The van der Waals surface area contributed by atoms with Crippen LogP contribution in [-0.4, -0.2) is 65.1 Å². The van der Waals surface area contributed by atoms with Crippen LogP contribution < -0.4 is 4.74 Å². The first-order valence-electron chi connectivity index (χ1n) is 10.4. The molecule has 0 saturated heterocycles. The van der Waals surface area contributed by atoms with Crippen LogP contribution in [0, 0.1) is 0 Å². The second kappa shape index (κ2) is 11.0. The Bertz CT molecular complexity index is 1140. The fourth-order valence-electron chi connectivity index (χ4n) is 3.78. The van der Waals surface area contributed by atoms with Crippen LogP contribution in [-0.2, 0) is 11.4 Å². The molecule has 0 atom stereocenters. The Morgan fingerprint density at radius 2 is 1.77 bits per heavy atom. The van der Waals surface area contributed by atoms with E-state index in [1.54, 1.807) is 6.20 Å². The number of hydrogen-bond acceptors (Lipinski definition) is 7. The molecule has 1 aliphatic rings. The number of carbonyl (C=O) groups is 2. The van der Waals surface area contributed by atoms with E-state index >= 15 is 0 Å². The number of aliphatic hydroxyl groups is 1. The van der Waals surface area contributed by atoms with Crippen molar-refractivity contribution >= 4 is 11.9 Å². The number of aliphatic carboxylic acids is 1. The minimum Gasteiger partial charge on any atom is -0.476 e. The molecule has 5 N–H and O–H groups in total. The molecule has 188 valence electrons. The monoisotopic (exact) mass is 497 g/mol. The van der Waals surface area contributed by atoms with Crippen LogP contribution >= 0.6 is 0 Å².